The highest BCUT2D eigenvalue weighted by Crippen LogP contribution is 2.23. The predicted octanol–water partition coefficient (Wildman–Crippen LogP) is 3.66. The quantitative estimate of drug-likeness (QED) is 0.818. The third kappa shape index (κ3) is 4.67. The van der Waals surface area contributed by atoms with Gasteiger partial charge >= 0.3 is 0 Å². The first-order valence-electron chi connectivity index (χ1n) is 10.7. The summed E-state index contributed by atoms with van der Waals surface area (Å²) in [5, 5.41) is 3.48. The molecule has 29 heavy (non-hydrogen) atoms. The van der Waals surface area contributed by atoms with E-state index in [1.165, 1.54) is 6.42 Å². The molecular weight excluding hydrogens is 362 g/mol. The monoisotopic (exact) mass is 391 g/mol. The van der Waals surface area contributed by atoms with Gasteiger partial charge in [0, 0.05) is 38.3 Å². The van der Waals surface area contributed by atoms with Crippen molar-refractivity contribution in [1.82, 2.24) is 10.2 Å². The van der Waals surface area contributed by atoms with Crippen molar-refractivity contribution in [3.05, 3.63) is 65.7 Å². The fraction of sp³-hybridized carbons (Fsp3) is 0.417. The lowest BCUT2D eigenvalue weighted by Crippen LogP contribution is -2.43. The number of likely N-dealkylation sites (tertiary alicyclic amines) is 1. The lowest BCUT2D eigenvalue weighted by Gasteiger charge is -2.31. The molecule has 0 radical (unpaired) electrons. The van der Waals surface area contributed by atoms with E-state index in [4.69, 9.17) is 0 Å². The second-order valence-electron chi connectivity index (χ2n) is 7.93. The van der Waals surface area contributed by atoms with E-state index in [1.54, 1.807) is 0 Å². The van der Waals surface area contributed by atoms with Gasteiger partial charge in [0.25, 0.3) is 0 Å². The largest absolute Gasteiger partial charge is 0.341 e. The summed E-state index contributed by atoms with van der Waals surface area (Å²) in [5.74, 6) is 0.363. The van der Waals surface area contributed by atoms with Crippen molar-refractivity contribution in [3.8, 4) is 0 Å². The number of amides is 2. The zero-order valence-corrected chi connectivity index (χ0v) is 16.8. The third-order valence-corrected chi connectivity index (χ3v) is 5.88. The molecule has 2 amide bonds. The maximum absolute atomic E-state index is 13.2. The fourth-order valence-corrected chi connectivity index (χ4v) is 4.22. The minimum atomic E-state index is -0.339. The first kappa shape index (κ1) is 19.6. The van der Waals surface area contributed by atoms with E-state index in [-0.39, 0.29) is 17.9 Å². The summed E-state index contributed by atoms with van der Waals surface area (Å²) in [6, 6.07) is 17.7. The second-order valence-corrected chi connectivity index (χ2v) is 7.93. The second kappa shape index (κ2) is 9.23. The SMILES string of the molecule is O=C(C(NCc1ccc(N2CCCC2=O)cc1)c1ccccc1)N1CCCCC1. The van der Waals surface area contributed by atoms with Gasteiger partial charge in [0.1, 0.15) is 6.04 Å². The smallest absolute Gasteiger partial charge is 0.244 e. The highest BCUT2D eigenvalue weighted by atomic mass is 16.2. The fourth-order valence-electron chi connectivity index (χ4n) is 4.22. The van der Waals surface area contributed by atoms with Crippen molar-refractivity contribution in [1.29, 1.82) is 0 Å². The molecule has 2 saturated heterocycles. The van der Waals surface area contributed by atoms with E-state index in [9.17, 15) is 9.59 Å². The topological polar surface area (TPSA) is 52.7 Å². The Kier molecular flexibility index (Phi) is 6.25. The van der Waals surface area contributed by atoms with Gasteiger partial charge in [-0.15, -0.1) is 0 Å². The van der Waals surface area contributed by atoms with E-state index in [0.29, 0.717) is 13.0 Å². The van der Waals surface area contributed by atoms with E-state index in [0.717, 1.165) is 55.7 Å². The maximum Gasteiger partial charge on any atom is 0.244 e. The predicted molar refractivity (Wildman–Crippen MR) is 114 cm³/mol. The summed E-state index contributed by atoms with van der Waals surface area (Å²) in [7, 11) is 0. The zero-order chi connectivity index (χ0) is 20.1. The van der Waals surface area contributed by atoms with Crippen LogP contribution in [0.15, 0.2) is 54.6 Å². The molecular formula is C24H29N3O2. The molecule has 5 heteroatoms. The standard InChI is InChI=1S/C24H29N3O2/c28-22-10-7-17-27(22)21-13-11-19(12-14-21)18-25-23(20-8-3-1-4-9-20)24(29)26-15-5-2-6-16-26/h1,3-4,8-9,11-14,23,25H,2,5-7,10,15-18H2. The number of anilines is 1. The van der Waals surface area contributed by atoms with Crippen molar-refractivity contribution < 1.29 is 9.59 Å². The van der Waals surface area contributed by atoms with Crippen LogP contribution in [0.25, 0.3) is 0 Å². The number of hydrogen-bond donors (Lipinski definition) is 1. The summed E-state index contributed by atoms with van der Waals surface area (Å²) < 4.78 is 0. The van der Waals surface area contributed by atoms with E-state index < -0.39 is 0 Å². The maximum atomic E-state index is 13.2. The molecule has 0 bridgehead atoms. The molecule has 2 aromatic rings. The number of nitrogens with zero attached hydrogens (tertiary/aromatic N) is 2. The lowest BCUT2D eigenvalue weighted by molar-refractivity contribution is -0.134. The number of carbonyl (C=O) groups is 2. The average Bonchev–Trinajstić information content (AvgIpc) is 3.21. The summed E-state index contributed by atoms with van der Waals surface area (Å²) >= 11 is 0. The van der Waals surface area contributed by atoms with E-state index in [1.807, 2.05) is 64.4 Å². The molecule has 2 heterocycles. The molecule has 152 valence electrons. The Morgan fingerprint density at radius 3 is 2.28 bits per heavy atom. The number of rotatable bonds is 6. The van der Waals surface area contributed by atoms with Crippen molar-refractivity contribution in [2.24, 2.45) is 0 Å². The molecule has 2 aliphatic rings. The number of piperidine rings is 1. The van der Waals surface area contributed by atoms with E-state index in [2.05, 4.69) is 5.32 Å². The molecule has 1 atom stereocenters. The molecule has 0 aromatic heterocycles. The number of nitrogens with one attached hydrogen (secondary N) is 1. The van der Waals surface area contributed by atoms with Gasteiger partial charge in [-0.05, 0) is 48.9 Å². The molecule has 2 fully saturated rings. The van der Waals surface area contributed by atoms with Crippen molar-refractivity contribution in [3.63, 3.8) is 0 Å². The van der Waals surface area contributed by atoms with Gasteiger partial charge in [0.05, 0.1) is 0 Å². The van der Waals surface area contributed by atoms with Crippen LogP contribution in [0.3, 0.4) is 0 Å². The average molecular weight is 392 g/mol. The first-order chi connectivity index (χ1) is 14.2. The molecule has 2 aliphatic heterocycles. The summed E-state index contributed by atoms with van der Waals surface area (Å²) in [4.78, 5) is 29.0. The molecule has 0 spiro atoms. The molecule has 1 N–H and O–H groups in total. The Balaban J connectivity index is 1.45. The first-order valence-corrected chi connectivity index (χ1v) is 10.7. The van der Waals surface area contributed by atoms with Crippen LogP contribution in [0.2, 0.25) is 0 Å². The van der Waals surface area contributed by atoms with Crippen LogP contribution in [0.4, 0.5) is 5.69 Å². The van der Waals surface area contributed by atoms with Crippen molar-refractivity contribution >= 4 is 17.5 Å². The van der Waals surface area contributed by atoms with Gasteiger partial charge in [-0.1, -0.05) is 42.5 Å². The molecule has 0 saturated carbocycles. The van der Waals surface area contributed by atoms with Crippen LogP contribution >= 0.6 is 0 Å². The Hall–Kier alpha value is -2.66. The number of carbonyl (C=O) groups excluding carboxylic acids is 2. The number of hydrogen-bond acceptors (Lipinski definition) is 3. The minimum absolute atomic E-state index is 0.162. The Labute approximate surface area is 172 Å². The zero-order valence-electron chi connectivity index (χ0n) is 16.8. The van der Waals surface area contributed by atoms with Crippen LogP contribution in [0, 0.1) is 0 Å². The highest BCUT2D eigenvalue weighted by Gasteiger charge is 2.26. The minimum Gasteiger partial charge on any atom is -0.341 e. The molecule has 0 aliphatic carbocycles. The van der Waals surface area contributed by atoms with Crippen LogP contribution in [0.5, 0.6) is 0 Å². The highest BCUT2D eigenvalue weighted by molar-refractivity contribution is 5.95. The Morgan fingerprint density at radius 2 is 1.62 bits per heavy atom. The Bertz CT molecular complexity index is 829. The molecule has 1 unspecified atom stereocenters. The van der Waals surface area contributed by atoms with Crippen molar-refractivity contribution in [2.45, 2.75) is 44.7 Å². The summed E-state index contributed by atoms with van der Waals surface area (Å²) in [6.07, 6.45) is 4.95. The van der Waals surface area contributed by atoms with Gasteiger partial charge in [0.2, 0.25) is 11.8 Å². The van der Waals surface area contributed by atoms with Gasteiger partial charge in [-0.2, -0.15) is 0 Å². The Morgan fingerprint density at radius 1 is 0.897 bits per heavy atom. The lowest BCUT2D eigenvalue weighted by atomic mass is 10.0. The van der Waals surface area contributed by atoms with E-state index >= 15 is 0 Å². The molecule has 2 aromatic carbocycles. The van der Waals surface area contributed by atoms with Crippen LogP contribution in [0.1, 0.15) is 49.3 Å². The van der Waals surface area contributed by atoms with Gasteiger partial charge in [-0.3, -0.25) is 14.9 Å². The van der Waals surface area contributed by atoms with Crippen molar-refractivity contribution in [2.75, 3.05) is 24.5 Å². The van der Waals surface area contributed by atoms with Gasteiger partial charge in [0.15, 0.2) is 0 Å². The normalized spacial score (nSPS) is 18.1. The summed E-state index contributed by atoms with van der Waals surface area (Å²) in [5.41, 5.74) is 3.07. The molecule has 5 nitrogen and oxygen atoms in total. The molecule has 4 rings (SSSR count). The van der Waals surface area contributed by atoms with Gasteiger partial charge < -0.3 is 9.80 Å². The van der Waals surface area contributed by atoms with Gasteiger partial charge in [-0.25, -0.2) is 0 Å². The number of benzene rings is 2. The van der Waals surface area contributed by atoms with Crippen LogP contribution in [-0.4, -0.2) is 36.3 Å². The van der Waals surface area contributed by atoms with Crippen LogP contribution < -0.4 is 10.2 Å². The van der Waals surface area contributed by atoms with Crippen LogP contribution in [-0.2, 0) is 16.1 Å². The summed E-state index contributed by atoms with van der Waals surface area (Å²) in [6.45, 7) is 3.11. The third-order valence-electron chi connectivity index (χ3n) is 5.88.